The zero-order chi connectivity index (χ0) is 19.0. The van der Waals surface area contributed by atoms with E-state index in [0.717, 1.165) is 17.5 Å². The number of carbonyl (C=O) groups is 1. The molecule has 1 amide bonds. The summed E-state index contributed by atoms with van der Waals surface area (Å²) < 4.78 is 27.5. The second-order valence-corrected chi connectivity index (χ2v) is 7.12. The van der Waals surface area contributed by atoms with Crippen molar-refractivity contribution in [2.45, 2.75) is 32.6 Å². The molecule has 1 heterocycles. The highest BCUT2D eigenvalue weighted by atomic mass is 19.3. The van der Waals surface area contributed by atoms with E-state index in [0.29, 0.717) is 23.4 Å². The van der Waals surface area contributed by atoms with E-state index in [-0.39, 0.29) is 5.56 Å². The van der Waals surface area contributed by atoms with Gasteiger partial charge in [-0.2, -0.15) is 5.10 Å². The third kappa shape index (κ3) is 3.41. The van der Waals surface area contributed by atoms with Crippen LogP contribution in [0.4, 0.5) is 14.5 Å². The fourth-order valence-electron chi connectivity index (χ4n) is 3.60. The SMILES string of the molecule is C=Cc1cccc(NC(=O)c2cn(C)nc2C(F)F)c1C1CC1C(C)C. The first-order valence-electron chi connectivity index (χ1n) is 8.71. The number of nitrogens with zero attached hydrogens (tertiary/aromatic N) is 2. The number of hydrogen-bond acceptors (Lipinski definition) is 2. The zero-order valence-corrected chi connectivity index (χ0v) is 15.2. The molecule has 26 heavy (non-hydrogen) atoms. The first-order valence-corrected chi connectivity index (χ1v) is 8.71. The van der Waals surface area contributed by atoms with Crippen LogP contribution < -0.4 is 5.32 Å². The Kier molecular flexibility index (Phi) is 4.94. The molecule has 2 aromatic rings. The highest BCUT2D eigenvalue weighted by Gasteiger charge is 2.42. The molecule has 1 fully saturated rings. The summed E-state index contributed by atoms with van der Waals surface area (Å²) in [5.74, 6) is 0.882. The number of benzene rings is 1. The van der Waals surface area contributed by atoms with Crippen LogP contribution in [0.2, 0.25) is 0 Å². The van der Waals surface area contributed by atoms with Gasteiger partial charge in [-0.25, -0.2) is 8.78 Å². The van der Waals surface area contributed by atoms with Crippen LogP contribution in [-0.2, 0) is 7.05 Å². The highest BCUT2D eigenvalue weighted by molar-refractivity contribution is 6.05. The predicted molar refractivity (Wildman–Crippen MR) is 98.3 cm³/mol. The van der Waals surface area contributed by atoms with Gasteiger partial charge in [0.2, 0.25) is 0 Å². The number of nitrogens with one attached hydrogen (secondary N) is 1. The number of hydrogen-bond donors (Lipinski definition) is 1. The van der Waals surface area contributed by atoms with Gasteiger partial charge in [0.25, 0.3) is 12.3 Å². The van der Waals surface area contributed by atoms with Gasteiger partial charge in [-0.15, -0.1) is 0 Å². The molecule has 1 N–H and O–H groups in total. The molecule has 1 aliphatic rings. The standard InChI is InChI=1S/C20H23F2N3O/c1-5-12-7-6-8-16(17(12)14-9-13(14)11(2)3)23-20(26)15-10-25(4)24-18(15)19(21)22/h5-8,10-11,13-14,19H,1,9H2,2-4H3,(H,23,26). The molecule has 1 saturated carbocycles. The molecule has 0 spiro atoms. The molecule has 4 nitrogen and oxygen atoms in total. The molecule has 0 aliphatic heterocycles. The van der Waals surface area contributed by atoms with Crippen molar-refractivity contribution >= 4 is 17.7 Å². The number of alkyl halides is 2. The first kappa shape index (κ1) is 18.3. The third-order valence-corrected chi connectivity index (χ3v) is 4.98. The van der Waals surface area contributed by atoms with Crippen LogP contribution in [0, 0.1) is 11.8 Å². The lowest BCUT2D eigenvalue weighted by atomic mass is 9.96. The minimum Gasteiger partial charge on any atom is -0.322 e. The summed E-state index contributed by atoms with van der Waals surface area (Å²) in [5, 5.41) is 6.52. The normalized spacial score (nSPS) is 19.0. The van der Waals surface area contributed by atoms with Crippen molar-refractivity contribution in [1.82, 2.24) is 9.78 Å². The minimum atomic E-state index is -2.80. The third-order valence-electron chi connectivity index (χ3n) is 4.98. The topological polar surface area (TPSA) is 46.9 Å². The Morgan fingerprint density at radius 2 is 2.15 bits per heavy atom. The van der Waals surface area contributed by atoms with Gasteiger partial charge in [-0.05, 0) is 41.4 Å². The summed E-state index contributed by atoms with van der Waals surface area (Å²) in [6.45, 7) is 8.23. The average molecular weight is 359 g/mol. The molecular weight excluding hydrogens is 336 g/mol. The highest BCUT2D eigenvalue weighted by Crippen LogP contribution is 2.54. The fraction of sp³-hybridized carbons (Fsp3) is 0.400. The Labute approximate surface area is 151 Å². The Balaban J connectivity index is 1.93. The summed E-state index contributed by atoms with van der Waals surface area (Å²) in [6, 6.07) is 5.61. The first-order chi connectivity index (χ1) is 12.3. The predicted octanol–water partition coefficient (Wildman–Crippen LogP) is 5.01. The van der Waals surface area contributed by atoms with E-state index in [1.807, 2.05) is 18.2 Å². The van der Waals surface area contributed by atoms with Crippen LogP contribution in [0.25, 0.3) is 6.08 Å². The zero-order valence-electron chi connectivity index (χ0n) is 15.2. The van der Waals surface area contributed by atoms with Crippen LogP contribution in [0.15, 0.2) is 31.0 Å². The summed E-state index contributed by atoms with van der Waals surface area (Å²) in [4.78, 5) is 12.6. The molecule has 0 saturated heterocycles. The molecule has 3 rings (SSSR count). The van der Waals surface area contributed by atoms with E-state index < -0.39 is 18.0 Å². The van der Waals surface area contributed by atoms with Crippen molar-refractivity contribution in [2.75, 3.05) is 5.32 Å². The Bertz CT molecular complexity index is 842. The average Bonchev–Trinajstić information content (AvgIpc) is 3.28. The van der Waals surface area contributed by atoms with Crippen LogP contribution in [0.5, 0.6) is 0 Å². The van der Waals surface area contributed by atoms with E-state index in [1.54, 1.807) is 6.08 Å². The molecular formula is C20H23F2N3O. The van der Waals surface area contributed by atoms with Gasteiger partial charge in [-0.3, -0.25) is 9.48 Å². The van der Waals surface area contributed by atoms with Gasteiger partial charge in [-0.1, -0.05) is 38.6 Å². The number of carbonyl (C=O) groups excluding carboxylic acids is 1. The van der Waals surface area contributed by atoms with E-state index in [4.69, 9.17) is 0 Å². The summed E-state index contributed by atoms with van der Waals surface area (Å²) in [7, 11) is 1.52. The molecule has 1 aromatic carbocycles. The smallest absolute Gasteiger partial charge is 0.282 e. The van der Waals surface area contributed by atoms with Crippen molar-refractivity contribution in [3.05, 3.63) is 53.4 Å². The molecule has 1 aromatic heterocycles. The molecule has 1 aliphatic carbocycles. The molecule has 2 unspecified atom stereocenters. The van der Waals surface area contributed by atoms with Crippen LogP contribution in [0.3, 0.4) is 0 Å². The lowest BCUT2D eigenvalue weighted by Gasteiger charge is -2.15. The van der Waals surface area contributed by atoms with E-state index in [1.165, 1.54) is 17.9 Å². The molecule has 138 valence electrons. The maximum atomic E-state index is 13.1. The van der Waals surface area contributed by atoms with Gasteiger partial charge < -0.3 is 5.32 Å². The second-order valence-electron chi connectivity index (χ2n) is 7.12. The Morgan fingerprint density at radius 1 is 1.42 bits per heavy atom. The number of amides is 1. The molecule has 6 heteroatoms. The lowest BCUT2D eigenvalue weighted by molar-refractivity contribution is 0.101. The summed E-state index contributed by atoms with van der Waals surface area (Å²) in [5.41, 5.74) is 2.06. The van der Waals surface area contributed by atoms with Crippen molar-refractivity contribution < 1.29 is 13.6 Å². The number of halogens is 2. The maximum absolute atomic E-state index is 13.1. The van der Waals surface area contributed by atoms with Gasteiger partial charge >= 0.3 is 0 Å². The van der Waals surface area contributed by atoms with Crippen molar-refractivity contribution in [1.29, 1.82) is 0 Å². The van der Waals surface area contributed by atoms with Crippen LogP contribution in [0.1, 0.15) is 59.8 Å². The largest absolute Gasteiger partial charge is 0.322 e. The van der Waals surface area contributed by atoms with Crippen molar-refractivity contribution in [3.8, 4) is 0 Å². The lowest BCUT2D eigenvalue weighted by Crippen LogP contribution is -2.15. The molecule has 0 radical (unpaired) electrons. The van der Waals surface area contributed by atoms with Gasteiger partial charge in [0.15, 0.2) is 0 Å². The van der Waals surface area contributed by atoms with Gasteiger partial charge in [0, 0.05) is 18.9 Å². The number of aryl methyl sites for hydroxylation is 1. The van der Waals surface area contributed by atoms with E-state index in [9.17, 15) is 13.6 Å². The Morgan fingerprint density at radius 3 is 2.73 bits per heavy atom. The van der Waals surface area contributed by atoms with Crippen molar-refractivity contribution in [3.63, 3.8) is 0 Å². The number of rotatable bonds is 6. The molecule has 0 bridgehead atoms. The van der Waals surface area contributed by atoms with Crippen LogP contribution in [-0.4, -0.2) is 15.7 Å². The second kappa shape index (κ2) is 7.02. The quantitative estimate of drug-likeness (QED) is 0.788. The fourth-order valence-corrected chi connectivity index (χ4v) is 3.60. The van der Waals surface area contributed by atoms with Crippen molar-refractivity contribution in [2.24, 2.45) is 18.9 Å². The number of aromatic nitrogens is 2. The van der Waals surface area contributed by atoms with Crippen LogP contribution >= 0.6 is 0 Å². The summed E-state index contributed by atoms with van der Waals surface area (Å²) >= 11 is 0. The molecule has 2 atom stereocenters. The van der Waals surface area contributed by atoms with E-state index in [2.05, 4.69) is 30.8 Å². The van der Waals surface area contributed by atoms with Gasteiger partial charge in [0.05, 0.1) is 5.56 Å². The van der Waals surface area contributed by atoms with Gasteiger partial charge in [0.1, 0.15) is 5.69 Å². The summed E-state index contributed by atoms with van der Waals surface area (Å²) in [6.07, 6.45) is 1.35. The number of anilines is 1. The minimum absolute atomic E-state index is 0.103. The Hall–Kier alpha value is -2.50. The van der Waals surface area contributed by atoms with E-state index >= 15 is 0 Å². The monoisotopic (exact) mass is 359 g/mol. The maximum Gasteiger partial charge on any atom is 0.282 e.